The zero-order valence-corrected chi connectivity index (χ0v) is 16.2. The number of ether oxygens (including phenoxy) is 1. The number of methoxy groups -OCH3 is 1. The number of rotatable bonds is 6. The smallest absolute Gasteiger partial charge is 0.254 e. The summed E-state index contributed by atoms with van der Waals surface area (Å²) in [5.41, 5.74) is 0.449. The van der Waals surface area contributed by atoms with E-state index in [-0.39, 0.29) is 17.6 Å². The number of nitrogens with zero attached hydrogens (tertiary/aromatic N) is 4. The highest BCUT2D eigenvalue weighted by Gasteiger charge is 2.28. The molecule has 1 aromatic heterocycles. The van der Waals surface area contributed by atoms with E-state index in [1.165, 1.54) is 25.3 Å². The van der Waals surface area contributed by atoms with Crippen LogP contribution in [-0.2, 0) is 6.54 Å². The Hall–Kier alpha value is -2.41. The van der Waals surface area contributed by atoms with Crippen molar-refractivity contribution >= 4 is 5.91 Å². The fourth-order valence-corrected chi connectivity index (χ4v) is 3.53. The first-order chi connectivity index (χ1) is 13.0. The van der Waals surface area contributed by atoms with Crippen LogP contribution < -0.4 is 4.74 Å². The number of hydrogen-bond acceptors (Lipinski definition) is 4. The second kappa shape index (κ2) is 8.52. The number of amides is 1. The highest BCUT2D eigenvalue weighted by molar-refractivity contribution is 5.94. The molecule has 1 aliphatic heterocycles. The summed E-state index contributed by atoms with van der Waals surface area (Å²) in [6.45, 7) is 3.14. The molecule has 2 aromatic rings. The molecular formula is C20H27FN4O2. The summed E-state index contributed by atoms with van der Waals surface area (Å²) in [7, 11) is 5.50. The van der Waals surface area contributed by atoms with Crippen LogP contribution in [-0.4, -0.2) is 66.1 Å². The number of carbonyl (C=O) groups is 1. The fourth-order valence-electron chi connectivity index (χ4n) is 3.53. The van der Waals surface area contributed by atoms with Crippen molar-refractivity contribution in [3.8, 4) is 5.75 Å². The van der Waals surface area contributed by atoms with E-state index in [2.05, 4.69) is 28.5 Å². The summed E-state index contributed by atoms with van der Waals surface area (Å²) in [5.74, 6) is 0.778. The van der Waals surface area contributed by atoms with Gasteiger partial charge >= 0.3 is 0 Å². The van der Waals surface area contributed by atoms with E-state index in [1.54, 1.807) is 0 Å². The van der Waals surface area contributed by atoms with Crippen LogP contribution in [0, 0.1) is 5.82 Å². The van der Waals surface area contributed by atoms with E-state index in [1.807, 2.05) is 17.3 Å². The summed E-state index contributed by atoms with van der Waals surface area (Å²) in [4.78, 5) is 21.4. The minimum atomic E-state index is -0.464. The van der Waals surface area contributed by atoms with Crippen LogP contribution in [0.25, 0.3) is 0 Å². The van der Waals surface area contributed by atoms with Gasteiger partial charge in [0.25, 0.3) is 5.91 Å². The lowest BCUT2D eigenvalue weighted by molar-refractivity contribution is 0.0702. The van der Waals surface area contributed by atoms with Crippen LogP contribution >= 0.6 is 0 Å². The van der Waals surface area contributed by atoms with E-state index in [0.29, 0.717) is 18.7 Å². The number of carbonyl (C=O) groups excluding carboxylic acids is 1. The molecule has 0 N–H and O–H groups in total. The van der Waals surface area contributed by atoms with E-state index in [0.717, 1.165) is 31.8 Å². The lowest BCUT2D eigenvalue weighted by atomic mass is 9.96. The molecular weight excluding hydrogens is 347 g/mol. The Labute approximate surface area is 159 Å². The zero-order valence-electron chi connectivity index (χ0n) is 16.2. The summed E-state index contributed by atoms with van der Waals surface area (Å²) < 4.78 is 20.8. The third-order valence-corrected chi connectivity index (χ3v) is 5.01. The normalized spacial score (nSPS) is 17.4. The topological polar surface area (TPSA) is 50.6 Å². The van der Waals surface area contributed by atoms with Crippen LogP contribution in [0.4, 0.5) is 4.39 Å². The first kappa shape index (κ1) is 19.4. The van der Waals surface area contributed by atoms with Gasteiger partial charge in [-0.3, -0.25) is 4.79 Å². The average Bonchev–Trinajstić information content (AvgIpc) is 3.15. The van der Waals surface area contributed by atoms with E-state index in [4.69, 9.17) is 4.74 Å². The van der Waals surface area contributed by atoms with Gasteiger partial charge in [0.1, 0.15) is 5.82 Å². The van der Waals surface area contributed by atoms with Crippen molar-refractivity contribution < 1.29 is 13.9 Å². The van der Waals surface area contributed by atoms with Crippen LogP contribution in [0.3, 0.4) is 0 Å². The SMILES string of the molecule is COc1cc(C(=O)N2CCC[C@@H](c3nccn3CCN(C)C)C2)ccc1F. The van der Waals surface area contributed by atoms with E-state index < -0.39 is 5.82 Å². The second-order valence-electron chi connectivity index (χ2n) is 7.22. The summed E-state index contributed by atoms with van der Waals surface area (Å²) in [5, 5.41) is 0. The van der Waals surface area contributed by atoms with Crippen LogP contribution in [0.5, 0.6) is 5.75 Å². The van der Waals surface area contributed by atoms with Crippen molar-refractivity contribution in [2.24, 2.45) is 0 Å². The zero-order chi connectivity index (χ0) is 19.4. The molecule has 1 atom stereocenters. The molecule has 0 spiro atoms. The van der Waals surface area contributed by atoms with Gasteiger partial charge in [0.15, 0.2) is 11.6 Å². The average molecular weight is 374 g/mol. The maximum atomic E-state index is 13.6. The standard InChI is InChI=1S/C20H27FN4O2/c1-23(2)11-12-24-10-8-22-19(24)16-5-4-9-25(14-16)20(26)15-6-7-17(21)18(13-15)27-3/h6-8,10,13,16H,4-5,9,11-12,14H2,1-3H3/t16-/m1/s1. The quantitative estimate of drug-likeness (QED) is 0.780. The molecule has 3 rings (SSSR count). The van der Waals surface area contributed by atoms with Gasteiger partial charge in [0, 0.05) is 50.1 Å². The third kappa shape index (κ3) is 4.47. The molecule has 1 saturated heterocycles. The van der Waals surface area contributed by atoms with Gasteiger partial charge in [-0.15, -0.1) is 0 Å². The highest BCUT2D eigenvalue weighted by atomic mass is 19.1. The predicted octanol–water partition coefficient (Wildman–Crippen LogP) is 2.61. The van der Waals surface area contributed by atoms with Gasteiger partial charge in [-0.2, -0.15) is 0 Å². The van der Waals surface area contributed by atoms with Crippen molar-refractivity contribution in [2.75, 3.05) is 40.8 Å². The summed E-state index contributed by atoms with van der Waals surface area (Å²) in [6.07, 6.45) is 5.77. The predicted molar refractivity (Wildman–Crippen MR) is 102 cm³/mol. The number of imidazole rings is 1. The first-order valence-corrected chi connectivity index (χ1v) is 9.28. The number of benzene rings is 1. The van der Waals surface area contributed by atoms with Gasteiger partial charge in [-0.1, -0.05) is 0 Å². The van der Waals surface area contributed by atoms with Gasteiger partial charge in [-0.25, -0.2) is 9.37 Å². The minimum Gasteiger partial charge on any atom is -0.494 e. The van der Waals surface area contributed by atoms with Gasteiger partial charge in [0.05, 0.1) is 7.11 Å². The Morgan fingerprint density at radius 1 is 1.41 bits per heavy atom. The lowest BCUT2D eigenvalue weighted by Crippen LogP contribution is -2.40. The molecule has 0 bridgehead atoms. The Bertz CT molecular complexity index is 790. The fraction of sp³-hybridized carbons (Fsp3) is 0.500. The maximum Gasteiger partial charge on any atom is 0.254 e. The maximum absolute atomic E-state index is 13.6. The Morgan fingerprint density at radius 3 is 2.96 bits per heavy atom. The highest BCUT2D eigenvalue weighted by Crippen LogP contribution is 2.28. The number of likely N-dealkylation sites (N-methyl/N-ethyl adjacent to an activating group) is 1. The van der Waals surface area contributed by atoms with E-state index in [9.17, 15) is 9.18 Å². The molecule has 6 nitrogen and oxygen atoms in total. The molecule has 0 saturated carbocycles. The molecule has 0 radical (unpaired) electrons. The van der Waals surface area contributed by atoms with E-state index >= 15 is 0 Å². The van der Waals surface area contributed by atoms with Crippen LogP contribution in [0.2, 0.25) is 0 Å². The third-order valence-electron chi connectivity index (χ3n) is 5.01. The molecule has 0 aliphatic carbocycles. The Morgan fingerprint density at radius 2 is 2.22 bits per heavy atom. The molecule has 27 heavy (non-hydrogen) atoms. The molecule has 2 heterocycles. The number of aromatic nitrogens is 2. The van der Waals surface area contributed by atoms with Crippen molar-refractivity contribution in [2.45, 2.75) is 25.3 Å². The Balaban J connectivity index is 1.73. The molecule has 146 valence electrons. The molecule has 1 amide bonds. The molecule has 7 heteroatoms. The van der Waals surface area contributed by atoms with Gasteiger partial charge < -0.3 is 19.1 Å². The van der Waals surface area contributed by atoms with Gasteiger partial charge in [0.2, 0.25) is 0 Å². The minimum absolute atomic E-state index is 0.0913. The lowest BCUT2D eigenvalue weighted by Gasteiger charge is -2.33. The Kier molecular flexibility index (Phi) is 6.11. The molecule has 1 fully saturated rings. The van der Waals surface area contributed by atoms with Crippen LogP contribution in [0.15, 0.2) is 30.6 Å². The largest absolute Gasteiger partial charge is 0.494 e. The van der Waals surface area contributed by atoms with Crippen molar-refractivity contribution in [1.82, 2.24) is 19.4 Å². The van der Waals surface area contributed by atoms with Crippen molar-refractivity contribution in [3.05, 3.63) is 47.8 Å². The van der Waals surface area contributed by atoms with Gasteiger partial charge in [-0.05, 0) is 45.1 Å². The number of halogens is 1. The summed E-state index contributed by atoms with van der Waals surface area (Å²) in [6, 6.07) is 4.27. The van der Waals surface area contributed by atoms with Crippen LogP contribution in [0.1, 0.15) is 34.9 Å². The molecule has 0 unspecified atom stereocenters. The number of piperidine rings is 1. The van der Waals surface area contributed by atoms with Crippen molar-refractivity contribution in [3.63, 3.8) is 0 Å². The number of hydrogen-bond donors (Lipinski definition) is 0. The second-order valence-corrected chi connectivity index (χ2v) is 7.22. The summed E-state index contributed by atoms with van der Waals surface area (Å²) >= 11 is 0. The molecule has 1 aliphatic rings. The monoisotopic (exact) mass is 374 g/mol. The molecule has 1 aromatic carbocycles. The van der Waals surface area contributed by atoms with Crippen molar-refractivity contribution in [1.29, 1.82) is 0 Å². The number of likely N-dealkylation sites (tertiary alicyclic amines) is 1. The first-order valence-electron chi connectivity index (χ1n) is 9.28.